The Bertz CT molecular complexity index is 263. The Kier molecular flexibility index (Phi) is 18.4. The van der Waals surface area contributed by atoms with Crippen LogP contribution in [0.2, 0.25) is 0 Å². The van der Waals surface area contributed by atoms with Crippen LogP contribution in [0.25, 0.3) is 0 Å². The summed E-state index contributed by atoms with van der Waals surface area (Å²) in [6, 6.07) is 0. The van der Waals surface area contributed by atoms with E-state index in [9.17, 15) is 4.79 Å². The van der Waals surface area contributed by atoms with Crippen LogP contribution in [0.5, 0.6) is 0 Å². The summed E-state index contributed by atoms with van der Waals surface area (Å²) in [5, 5.41) is 0. The van der Waals surface area contributed by atoms with Gasteiger partial charge >= 0.3 is 5.97 Å². The second-order valence-electron chi connectivity index (χ2n) is 7.33. The minimum Gasteiger partial charge on any atom is -0.462 e. The molecule has 0 aliphatic carbocycles. The van der Waals surface area contributed by atoms with Gasteiger partial charge in [-0.25, -0.2) is 0 Å². The molecule has 2 nitrogen and oxygen atoms in total. The lowest BCUT2D eigenvalue weighted by molar-refractivity contribution is -0.150. The second kappa shape index (κ2) is 18.8. The van der Waals surface area contributed by atoms with Gasteiger partial charge in [0.1, 0.15) is 6.10 Å². The van der Waals surface area contributed by atoms with Crippen molar-refractivity contribution in [3.63, 3.8) is 0 Å². The summed E-state index contributed by atoms with van der Waals surface area (Å²) >= 11 is 0. The van der Waals surface area contributed by atoms with Gasteiger partial charge in [0.05, 0.1) is 0 Å². The SMILES string of the molecule is CCCCCCCCCCCCCC(=O)OC(CCC)CCCC. The number of carbonyl (C=O) groups excluding carboxylic acids is 1. The van der Waals surface area contributed by atoms with E-state index in [4.69, 9.17) is 4.74 Å². The van der Waals surface area contributed by atoms with Crippen molar-refractivity contribution in [2.24, 2.45) is 0 Å². The molecular formula is C22H44O2. The fourth-order valence-corrected chi connectivity index (χ4v) is 3.19. The normalized spacial score (nSPS) is 12.3. The molecule has 2 heteroatoms. The minimum absolute atomic E-state index is 0.0282. The third-order valence-corrected chi connectivity index (χ3v) is 4.77. The molecule has 0 N–H and O–H groups in total. The maximum atomic E-state index is 11.9. The number of carbonyl (C=O) groups is 1. The van der Waals surface area contributed by atoms with E-state index in [1.807, 2.05) is 0 Å². The summed E-state index contributed by atoms with van der Waals surface area (Å²) in [6.45, 7) is 6.62. The highest BCUT2D eigenvalue weighted by molar-refractivity contribution is 5.69. The predicted octanol–water partition coefficient (Wildman–Crippen LogP) is 7.59. The van der Waals surface area contributed by atoms with Crippen LogP contribution >= 0.6 is 0 Å². The fraction of sp³-hybridized carbons (Fsp3) is 0.955. The van der Waals surface area contributed by atoms with E-state index in [2.05, 4.69) is 20.8 Å². The topological polar surface area (TPSA) is 26.3 Å². The quantitative estimate of drug-likeness (QED) is 0.190. The summed E-state index contributed by atoms with van der Waals surface area (Å²) in [6.07, 6.45) is 20.8. The first kappa shape index (κ1) is 23.5. The van der Waals surface area contributed by atoms with Crippen molar-refractivity contribution < 1.29 is 9.53 Å². The molecule has 0 radical (unpaired) electrons. The highest BCUT2D eigenvalue weighted by Crippen LogP contribution is 2.14. The summed E-state index contributed by atoms with van der Waals surface area (Å²) < 4.78 is 5.65. The van der Waals surface area contributed by atoms with Crippen molar-refractivity contribution >= 4 is 5.97 Å². The van der Waals surface area contributed by atoms with Crippen LogP contribution in [0.1, 0.15) is 130 Å². The first-order chi connectivity index (χ1) is 11.7. The van der Waals surface area contributed by atoms with E-state index in [0.29, 0.717) is 6.42 Å². The Morgan fingerprint density at radius 2 is 1.12 bits per heavy atom. The molecule has 144 valence electrons. The van der Waals surface area contributed by atoms with Gasteiger partial charge in [-0.15, -0.1) is 0 Å². The maximum absolute atomic E-state index is 11.9. The lowest BCUT2D eigenvalue weighted by Crippen LogP contribution is -2.18. The first-order valence-corrected chi connectivity index (χ1v) is 10.9. The highest BCUT2D eigenvalue weighted by atomic mass is 16.5. The molecule has 1 unspecified atom stereocenters. The average molecular weight is 341 g/mol. The van der Waals surface area contributed by atoms with Gasteiger partial charge in [0.15, 0.2) is 0 Å². The fourth-order valence-electron chi connectivity index (χ4n) is 3.19. The van der Waals surface area contributed by atoms with Crippen molar-refractivity contribution in [1.82, 2.24) is 0 Å². The zero-order chi connectivity index (χ0) is 17.9. The van der Waals surface area contributed by atoms with E-state index >= 15 is 0 Å². The van der Waals surface area contributed by atoms with E-state index in [1.54, 1.807) is 0 Å². The smallest absolute Gasteiger partial charge is 0.306 e. The molecule has 0 aromatic rings. The number of unbranched alkanes of at least 4 members (excludes halogenated alkanes) is 11. The first-order valence-electron chi connectivity index (χ1n) is 10.9. The van der Waals surface area contributed by atoms with Crippen LogP contribution in [0, 0.1) is 0 Å². The predicted molar refractivity (Wildman–Crippen MR) is 105 cm³/mol. The van der Waals surface area contributed by atoms with Crippen molar-refractivity contribution in [2.75, 3.05) is 0 Å². The molecule has 0 fully saturated rings. The average Bonchev–Trinajstić information content (AvgIpc) is 2.57. The summed E-state index contributed by atoms with van der Waals surface area (Å²) in [5.74, 6) is 0.0282. The third kappa shape index (κ3) is 16.3. The molecule has 0 aromatic heterocycles. The van der Waals surface area contributed by atoms with Gasteiger partial charge < -0.3 is 4.74 Å². The van der Waals surface area contributed by atoms with Crippen molar-refractivity contribution in [2.45, 2.75) is 136 Å². The molecule has 0 aromatic carbocycles. The van der Waals surface area contributed by atoms with Crippen LogP contribution in [0.3, 0.4) is 0 Å². The molecule has 0 amide bonds. The van der Waals surface area contributed by atoms with E-state index < -0.39 is 0 Å². The summed E-state index contributed by atoms with van der Waals surface area (Å²) in [5.41, 5.74) is 0. The van der Waals surface area contributed by atoms with Gasteiger partial charge in [-0.2, -0.15) is 0 Å². The van der Waals surface area contributed by atoms with Crippen molar-refractivity contribution in [3.05, 3.63) is 0 Å². The lowest BCUT2D eigenvalue weighted by atomic mass is 10.1. The molecular weight excluding hydrogens is 296 g/mol. The molecule has 0 aliphatic rings. The monoisotopic (exact) mass is 340 g/mol. The minimum atomic E-state index is 0.0282. The molecule has 0 saturated carbocycles. The van der Waals surface area contributed by atoms with E-state index in [-0.39, 0.29) is 12.1 Å². The molecule has 0 heterocycles. The number of hydrogen-bond acceptors (Lipinski definition) is 2. The Balaban J connectivity index is 3.44. The van der Waals surface area contributed by atoms with Crippen LogP contribution in [-0.4, -0.2) is 12.1 Å². The van der Waals surface area contributed by atoms with Crippen LogP contribution < -0.4 is 0 Å². The Morgan fingerprint density at radius 3 is 1.62 bits per heavy atom. The molecule has 0 spiro atoms. The molecule has 1 atom stereocenters. The molecule has 0 rings (SSSR count). The van der Waals surface area contributed by atoms with Gasteiger partial charge in [0, 0.05) is 6.42 Å². The zero-order valence-electron chi connectivity index (χ0n) is 16.9. The molecule has 24 heavy (non-hydrogen) atoms. The highest BCUT2D eigenvalue weighted by Gasteiger charge is 2.12. The Labute approximate surface area is 152 Å². The van der Waals surface area contributed by atoms with E-state index in [1.165, 1.54) is 70.6 Å². The summed E-state index contributed by atoms with van der Waals surface area (Å²) in [4.78, 5) is 11.9. The molecule has 0 saturated heterocycles. The van der Waals surface area contributed by atoms with E-state index in [0.717, 1.165) is 32.1 Å². The maximum Gasteiger partial charge on any atom is 0.306 e. The Morgan fingerprint density at radius 1 is 0.625 bits per heavy atom. The third-order valence-electron chi connectivity index (χ3n) is 4.77. The van der Waals surface area contributed by atoms with Gasteiger partial charge in [-0.1, -0.05) is 104 Å². The van der Waals surface area contributed by atoms with Gasteiger partial charge in [0.2, 0.25) is 0 Å². The van der Waals surface area contributed by atoms with Gasteiger partial charge in [-0.05, 0) is 19.3 Å². The zero-order valence-corrected chi connectivity index (χ0v) is 16.9. The number of ether oxygens (including phenoxy) is 1. The van der Waals surface area contributed by atoms with Crippen LogP contribution in [0.4, 0.5) is 0 Å². The second-order valence-corrected chi connectivity index (χ2v) is 7.33. The van der Waals surface area contributed by atoms with Crippen LogP contribution in [-0.2, 0) is 9.53 Å². The summed E-state index contributed by atoms with van der Waals surface area (Å²) in [7, 11) is 0. The number of hydrogen-bond donors (Lipinski definition) is 0. The van der Waals surface area contributed by atoms with Crippen molar-refractivity contribution in [3.8, 4) is 0 Å². The molecule has 0 bridgehead atoms. The standard InChI is InChI=1S/C22H44O2/c1-4-7-9-10-11-12-13-14-15-16-17-20-22(23)24-21(18-6-3)19-8-5-2/h21H,4-20H2,1-3H3. The number of rotatable bonds is 18. The Hall–Kier alpha value is -0.530. The largest absolute Gasteiger partial charge is 0.462 e. The number of esters is 1. The van der Waals surface area contributed by atoms with Gasteiger partial charge in [-0.3, -0.25) is 4.79 Å². The van der Waals surface area contributed by atoms with Gasteiger partial charge in [0.25, 0.3) is 0 Å². The molecule has 0 aliphatic heterocycles. The van der Waals surface area contributed by atoms with Crippen LogP contribution in [0.15, 0.2) is 0 Å². The van der Waals surface area contributed by atoms with Crippen molar-refractivity contribution in [1.29, 1.82) is 0 Å². The lowest BCUT2D eigenvalue weighted by Gasteiger charge is -2.17.